The lowest BCUT2D eigenvalue weighted by Gasteiger charge is -2.21. The smallest absolute Gasteiger partial charge is 0.0771 e. The van der Waals surface area contributed by atoms with Gasteiger partial charge in [-0.1, -0.05) is 11.5 Å². The Morgan fingerprint density at radius 2 is 2.29 bits per heavy atom. The van der Waals surface area contributed by atoms with Gasteiger partial charge in [0.1, 0.15) is 0 Å². The van der Waals surface area contributed by atoms with E-state index < -0.39 is 0 Å². The van der Waals surface area contributed by atoms with Gasteiger partial charge in [-0.15, -0.1) is 0 Å². The van der Waals surface area contributed by atoms with Crippen LogP contribution < -0.4 is 0 Å². The Hall–Kier alpha value is 0.100. The summed E-state index contributed by atoms with van der Waals surface area (Å²) in [5.41, 5.74) is 0.556. The van der Waals surface area contributed by atoms with Crippen molar-refractivity contribution in [3.63, 3.8) is 0 Å². The second-order valence-corrected chi connectivity index (χ2v) is 3.26. The molecule has 1 saturated carbocycles. The third kappa shape index (κ3) is 0.832. The van der Waals surface area contributed by atoms with Crippen molar-refractivity contribution >= 4 is 8.46 Å². The van der Waals surface area contributed by atoms with E-state index in [1.54, 1.807) is 0 Å². The van der Waals surface area contributed by atoms with Crippen molar-refractivity contribution < 1.29 is 4.57 Å². The summed E-state index contributed by atoms with van der Waals surface area (Å²) in [4.78, 5) is 0. The van der Waals surface area contributed by atoms with Gasteiger partial charge in [0.15, 0.2) is 5.66 Å². The van der Waals surface area contributed by atoms with Crippen LogP contribution in [0.1, 0.15) is 19.8 Å². The fourth-order valence-electron chi connectivity index (χ4n) is 0.842. The highest BCUT2D eigenvalue weighted by molar-refractivity contribution is 7.24. The minimum absolute atomic E-state index is 0.0513. The lowest BCUT2D eigenvalue weighted by Crippen LogP contribution is -2.22. The van der Waals surface area contributed by atoms with Crippen LogP contribution in [0.2, 0.25) is 0 Å². The summed E-state index contributed by atoms with van der Waals surface area (Å²) in [7, 11) is -0.0513. The molecule has 0 radical (unpaired) electrons. The Labute approximate surface area is 45.3 Å². The normalized spacial score (nSPS) is 40.7. The highest BCUT2D eigenvalue weighted by Gasteiger charge is 2.32. The van der Waals surface area contributed by atoms with E-state index >= 15 is 0 Å². The van der Waals surface area contributed by atoms with Crippen molar-refractivity contribution in [2.75, 3.05) is 0 Å². The first-order chi connectivity index (χ1) is 3.34. The Kier molecular flexibility index (Phi) is 1.43. The van der Waals surface area contributed by atoms with Crippen LogP contribution in [0, 0.1) is 5.92 Å². The Morgan fingerprint density at radius 3 is 2.29 bits per heavy atom. The molecule has 7 heavy (non-hydrogen) atoms. The molecule has 0 bridgehead atoms. The molecular weight excluding hydrogens is 107 g/mol. The predicted molar refractivity (Wildman–Crippen MR) is 31.2 cm³/mol. The minimum Gasteiger partial charge on any atom is -0.0771 e. The molecule has 1 rings (SSSR count). The van der Waals surface area contributed by atoms with Crippen molar-refractivity contribution in [1.29, 1.82) is 0 Å². The quantitative estimate of drug-likeness (QED) is 0.478. The van der Waals surface area contributed by atoms with Crippen LogP contribution in [0.25, 0.3) is 0 Å². The van der Waals surface area contributed by atoms with Crippen LogP contribution in [-0.4, -0.2) is 5.66 Å². The number of hydrogen-bond donors (Lipinski definition) is 0. The van der Waals surface area contributed by atoms with Crippen LogP contribution in [0.15, 0.2) is 0 Å². The van der Waals surface area contributed by atoms with Gasteiger partial charge < -0.3 is 0 Å². The molecular formula is C5H10OP+. The molecule has 2 heteroatoms. The molecule has 0 spiro atoms. The van der Waals surface area contributed by atoms with E-state index in [4.69, 9.17) is 0 Å². The first kappa shape index (κ1) is 5.24. The zero-order valence-corrected chi connectivity index (χ0v) is 5.48. The van der Waals surface area contributed by atoms with Crippen molar-refractivity contribution in [3.8, 4) is 0 Å². The molecule has 0 heterocycles. The fraction of sp³-hybridized carbons (Fsp3) is 1.00. The molecule has 3 unspecified atom stereocenters. The van der Waals surface area contributed by atoms with Gasteiger partial charge >= 0.3 is 8.46 Å². The van der Waals surface area contributed by atoms with E-state index in [0.29, 0.717) is 5.66 Å². The van der Waals surface area contributed by atoms with E-state index in [0.717, 1.165) is 5.92 Å². The maximum absolute atomic E-state index is 10.2. The van der Waals surface area contributed by atoms with E-state index in [1.165, 1.54) is 12.8 Å². The summed E-state index contributed by atoms with van der Waals surface area (Å²) in [6.45, 7) is 2.17. The summed E-state index contributed by atoms with van der Waals surface area (Å²) in [5, 5.41) is 0. The molecule has 1 nitrogen and oxygen atoms in total. The molecule has 0 saturated heterocycles. The van der Waals surface area contributed by atoms with Crippen molar-refractivity contribution in [3.05, 3.63) is 0 Å². The molecule has 0 aromatic rings. The van der Waals surface area contributed by atoms with Gasteiger partial charge in [-0.25, -0.2) is 0 Å². The van der Waals surface area contributed by atoms with Gasteiger partial charge in [0.2, 0.25) is 0 Å². The second kappa shape index (κ2) is 1.92. The third-order valence-electron chi connectivity index (χ3n) is 1.77. The number of hydrogen-bond acceptors (Lipinski definition) is 1. The standard InChI is InChI=1S/C5H9OP/c1-4-2-3-5(4)7-6/h4-5H,2-3H2,1H3/p+1. The van der Waals surface area contributed by atoms with Gasteiger partial charge in [0.05, 0.1) is 0 Å². The Balaban J connectivity index is 2.28. The summed E-state index contributed by atoms with van der Waals surface area (Å²) in [6.07, 6.45) is 2.49. The topological polar surface area (TPSA) is 17.1 Å². The zero-order valence-electron chi connectivity index (χ0n) is 4.48. The van der Waals surface area contributed by atoms with Gasteiger partial charge in [0, 0.05) is 5.92 Å². The predicted octanol–water partition coefficient (Wildman–Crippen LogP) is 1.81. The first-order valence-electron chi connectivity index (χ1n) is 2.72. The first-order valence-corrected chi connectivity index (χ1v) is 3.71. The molecule has 0 amide bonds. The summed E-state index contributed by atoms with van der Waals surface area (Å²) < 4.78 is 10.2. The third-order valence-corrected chi connectivity index (χ3v) is 2.93. The largest absolute Gasteiger partial charge is 0.328 e. The van der Waals surface area contributed by atoms with Gasteiger partial charge in [-0.3, -0.25) is 0 Å². The summed E-state index contributed by atoms with van der Waals surface area (Å²) in [5.74, 6) is 0.746. The van der Waals surface area contributed by atoms with Gasteiger partial charge in [0.25, 0.3) is 0 Å². The molecule has 1 aliphatic carbocycles. The van der Waals surface area contributed by atoms with Gasteiger partial charge in [-0.2, -0.15) is 0 Å². The highest BCUT2D eigenvalue weighted by Crippen LogP contribution is 2.35. The summed E-state index contributed by atoms with van der Waals surface area (Å²) >= 11 is 0. The second-order valence-electron chi connectivity index (χ2n) is 2.28. The highest BCUT2D eigenvalue weighted by atomic mass is 31.1. The van der Waals surface area contributed by atoms with Gasteiger partial charge in [-0.05, 0) is 12.8 Å². The van der Waals surface area contributed by atoms with Crippen molar-refractivity contribution in [2.45, 2.75) is 25.4 Å². The minimum atomic E-state index is -0.0513. The lowest BCUT2D eigenvalue weighted by molar-refractivity contribution is 0.353. The van der Waals surface area contributed by atoms with Crippen LogP contribution in [-0.2, 0) is 4.57 Å². The van der Waals surface area contributed by atoms with Crippen molar-refractivity contribution in [2.24, 2.45) is 5.92 Å². The van der Waals surface area contributed by atoms with Crippen LogP contribution >= 0.6 is 8.46 Å². The number of rotatable bonds is 1. The zero-order chi connectivity index (χ0) is 5.28. The van der Waals surface area contributed by atoms with E-state index in [2.05, 4.69) is 6.92 Å². The summed E-state index contributed by atoms with van der Waals surface area (Å²) in [6, 6.07) is 0. The Bertz CT molecular complexity index is 82.1. The molecule has 3 atom stereocenters. The van der Waals surface area contributed by atoms with E-state index in [9.17, 15) is 4.57 Å². The molecule has 40 valence electrons. The molecule has 1 fully saturated rings. The average molecular weight is 117 g/mol. The van der Waals surface area contributed by atoms with Crippen molar-refractivity contribution in [1.82, 2.24) is 0 Å². The van der Waals surface area contributed by atoms with Crippen LogP contribution in [0.5, 0.6) is 0 Å². The maximum atomic E-state index is 10.2. The van der Waals surface area contributed by atoms with E-state index in [1.807, 2.05) is 0 Å². The fourth-order valence-corrected chi connectivity index (χ4v) is 1.53. The van der Waals surface area contributed by atoms with Crippen LogP contribution in [0.3, 0.4) is 0 Å². The maximum Gasteiger partial charge on any atom is 0.328 e. The van der Waals surface area contributed by atoms with Crippen LogP contribution in [0.4, 0.5) is 0 Å². The molecule has 0 aromatic carbocycles. The van der Waals surface area contributed by atoms with E-state index in [-0.39, 0.29) is 8.46 Å². The lowest BCUT2D eigenvalue weighted by atomic mass is 9.87. The average Bonchev–Trinajstić information content (AvgIpc) is 1.65. The Morgan fingerprint density at radius 1 is 1.57 bits per heavy atom. The molecule has 1 aliphatic rings. The monoisotopic (exact) mass is 117 g/mol. The molecule has 0 aromatic heterocycles. The SMILES string of the molecule is CC1CCC1[PH+]=O. The molecule has 0 N–H and O–H groups in total. The molecule has 0 aliphatic heterocycles.